The first-order valence-corrected chi connectivity index (χ1v) is 7.81. The minimum absolute atomic E-state index is 0.00105. The summed E-state index contributed by atoms with van der Waals surface area (Å²) in [7, 11) is 0. The fraction of sp³-hybridized carbons (Fsp3) is 0.529. The van der Waals surface area contributed by atoms with Crippen LogP contribution in [0.5, 0.6) is 0 Å². The average Bonchev–Trinajstić information content (AvgIpc) is 2.91. The van der Waals surface area contributed by atoms with Crippen molar-refractivity contribution < 1.29 is 9.59 Å². The summed E-state index contributed by atoms with van der Waals surface area (Å²) in [6, 6.07) is 7.95. The number of para-hydroxylation sites is 1. The normalized spacial score (nSPS) is 21.3. The van der Waals surface area contributed by atoms with Gasteiger partial charge in [0.1, 0.15) is 6.42 Å². The molecule has 0 N–H and O–H groups in total. The fourth-order valence-electron chi connectivity index (χ4n) is 3.35. The van der Waals surface area contributed by atoms with Gasteiger partial charge in [-0.15, -0.1) is 0 Å². The van der Waals surface area contributed by atoms with Crippen molar-refractivity contribution in [2.24, 2.45) is 5.92 Å². The monoisotopic (exact) mass is 286 g/mol. The Morgan fingerprint density at radius 3 is 2.81 bits per heavy atom. The molecule has 0 aromatic heterocycles. The number of amides is 2. The van der Waals surface area contributed by atoms with Crippen LogP contribution in [0.4, 0.5) is 5.69 Å². The topological polar surface area (TPSA) is 40.6 Å². The number of carbonyl (C=O) groups excluding carboxylic acids is 2. The first-order chi connectivity index (χ1) is 10.1. The molecule has 1 saturated heterocycles. The zero-order valence-electron chi connectivity index (χ0n) is 12.5. The maximum Gasteiger partial charge on any atom is 0.236 e. The molecule has 0 saturated carbocycles. The summed E-state index contributed by atoms with van der Waals surface area (Å²) in [6.45, 7) is 4.45. The van der Waals surface area contributed by atoms with Gasteiger partial charge in [0, 0.05) is 25.3 Å². The predicted molar refractivity (Wildman–Crippen MR) is 82.1 cm³/mol. The third-order valence-corrected chi connectivity index (χ3v) is 4.50. The molecule has 1 unspecified atom stereocenters. The summed E-state index contributed by atoms with van der Waals surface area (Å²) in [4.78, 5) is 28.3. The van der Waals surface area contributed by atoms with E-state index in [0.29, 0.717) is 12.5 Å². The molecule has 2 aliphatic heterocycles. The third kappa shape index (κ3) is 2.94. The van der Waals surface area contributed by atoms with Gasteiger partial charge in [-0.1, -0.05) is 25.1 Å². The second-order valence-corrected chi connectivity index (χ2v) is 6.19. The summed E-state index contributed by atoms with van der Waals surface area (Å²) in [5.41, 5.74) is 2.17. The Morgan fingerprint density at radius 2 is 2.00 bits per heavy atom. The standard InChI is InChI=1S/C17H22N2O2/c1-13-5-4-9-18(12-13)16(20)11-17(21)19-10-8-14-6-2-3-7-15(14)19/h2-3,6-7,13H,4-5,8-12H2,1H3. The lowest BCUT2D eigenvalue weighted by Gasteiger charge is -2.31. The van der Waals surface area contributed by atoms with E-state index in [9.17, 15) is 9.59 Å². The number of benzene rings is 1. The van der Waals surface area contributed by atoms with E-state index in [2.05, 4.69) is 13.0 Å². The van der Waals surface area contributed by atoms with Crippen molar-refractivity contribution >= 4 is 17.5 Å². The molecule has 0 spiro atoms. The zero-order valence-corrected chi connectivity index (χ0v) is 12.5. The van der Waals surface area contributed by atoms with E-state index in [-0.39, 0.29) is 18.2 Å². The van der Waals surface area contributed by atoms with Crippen LogP contribution in [0, 0.1) is 5.92 Å². The van der Waals surface area contributed by atoms with E-state index >= 15 is 0 Å². The maximum absolute atomic E-state index is 12.4. The van der Waals surface area contributed by atoms with Crippen LogP contribution in [-0.2, 0) is 16.0 Å². The third-order valence-electron chi connectivity index (χ3n) is 4.50. The van der Waals surface area contributed by atoms with Gasteiger partial charge < -0.3 is 9.80 Å². The zero-order chi connectivity index (χ0) is 14.8. The van der Waals surface area contributed by atoms with Crippen LogP contribution in [0.25, 0.3) is 0 Å². The highest BCUT2D eigenvalue weighted by molar-refractivity contribution is 6.06. The molecular weight excluding hydrogens is 264 g/mol. The molecule has 4 heteroatoms. The molecule has 21 heavy (non-hydrogen) atoms. The van der Waals surface area contributed by atoms with Crippen molar-refractivity contribution in [1.82, 2.24) is 4.90 Å². The van der Waals surface area contributed by atoms with Crippen molar-refractivity contribution in [2.75, 3.05) is 24.5 Å². The van der Waals surface area contributed by atoms with Crippen molar-refractivity contribution in [1.29, 1.82) is 0 Å². The molecule has 0 bridgehead atoms. The van der Waals surface area contributed by atoms with Gasteiger partial charge in [-0.05, 0) is 36.8 Å². The Morgan fingerprint density at radius 1 is 1.19 bits per heavy atom. The molecule has 1 atom stereocenters. The molecule has 2 aliphatic rings. The molecule has 112 valence electrons. The van der Waals surface area contributed by atoms with Gasteiger partial charge in [0.25, 0.3) is 0 Å². The summed E-state index contributed by atoms with van der Waals surface area (Å²) in [6.07, 6.45) is 3.11. The Hall–Kier alpha value is -1.84. The largest absolute Gasteiger partial charge is 0.342 e. The van der Waals surface area contributed by atoms with E-state index in [1.807, 2.05) is 23.1 Å². The van der Waals surface area contributed by atoms with Crippen molar-refractivity contribution in [3.8, 4) is 0 Å². The molecule has 4 nitrogen and oxygen atoms in total. The highest BCUT2D eigenvalue weighted by Crippen LogP contribution is 2.28. The van der Waals surface area contributed by atoms with E-state index in [1.54, 1.807) is 4.90 Å². The number of likely N-dealkylation sites (tertiary alicyclic amines) is 1. The van der Waals surface area contributed by atoms with Crippen molar-refractivity contribution in [3.63, 3.8) is 0 Å². The summed E-state index contributed by atoms with van der Waals surface area (Å²) < 4.78 is 0. The van der Waals surface area contributed by atoms with E-state index in [4.69, 9.17) is 0 Å². The quantitative estimate of drug-likeness (QED) is 0.782. The number of hydrogen-bond acceptors (Lipinski definition) is 2. The van der Waals surface area contributed by atoms with Crippen LogP contribution in [0.2, 0.25) is 0 Å². The molecule has 0 aliphatic carbocycles. The fourth-order valence-corrected chi connectivity index (χ4v) is 3.35. The van der Waals surface area contributed by atoms with Gasteiger partial charge in [0.15, 0.2) is 0 Å². The minimum atomic E-state index is -0.0665. The molecule has 3 rings (SSSR count). The number of carbonyl (C=O) groups is 2. The van der Waals surface area contributed by atoms with E-state index in [0.717, 1.165) is 31.6 Å². The Bertz CT molecular complexity index is 555. The molecule has 1 fully saturated rings. The van der Waals surface area contributed by atoms with Crippen LogP contribution < -0.4 is 4.90 Å². The molecule has 2 heterocycles. The van der Waals surface area contributed by atoms with Gasteiger partial charge >= 0.3 is 0 Å². The number of nitrogens with zero attached hydrogens (tertiary/aromatic N) is 2. The maximum atomic E-state index is 12.4. The Balaban J connectivity index is 1.63. The Labute approximate surface area is 125 Å². The number of rotatable bonds is 2. The molecule has 2 amide bonds. The Kier molecular flexibility index (Phi) is 3.95. The molecule has 1 aromatic carbocycles. The van der Waals surface area contributed by atoms with Crippen LogP contribution >= 0.6 is 0 Å². The lowest BCUT2D eigenvalue weighted by molar-refractivity contribution is -0.136. The lowest BCUT2D eigenvalue weighted by Crippen LogP contribution is -2.42. The van der Waals surface area contributed by atoms with E-state index in [1.165, 1.54) is 12.0 Å². The SMILES string of the molecule is CC1CCCN(C(=O)CC(=O)N2CCc3ccccc32)C1. The van der Waals surface area contributed by atoms with Crippen molar-refractivity contribution in [3.05, 3.63) is 29.8 Å². The molecule has 0 radical (unpaired) electrons. The second-order valence-electron chi connectivity index (χ2n) is 6.19. The van der Waals surface area contributed by atoms with Crippen LogP contribution in [0.1, 0.15) is 31.7 Å². The van der Waals surface area contributed by atoms with Crippen molar-refractivity contribution in [2.45, 2.75) is 32.6 Å². The minimum Gasteiger partial charge on any atom is -0.342 e. The molecule has 1 aromatic rings. The lowest BCUT2D eigenvalue weighted by atomic mass is 10.00. The van der Waals surface area contributed by atoms with Gasteiger partial charge in [0.05, 0.1) is 0 Å². The van der Waals surface area contributed by atoms with Crippen LogP contribution in [-0.4, -0.2) is 36.3 Å². The first-order valence-electron chi connectivity index (χ1n) is 7.81. The number of fused-ring (bicyclic) bond motifs is 1. The van der Waals surface area contributed by atoms with Gasteiger partial charge in [-0.3, -0.25) is 9.59 Å². The highest BCUT2D eigenvalue weighted by Gasteiger charge is 2.28. The second kappa shape index (κ2) is 5.88. The number of hydrogen-bond donors (Lipinski definition) is 0. The van der Waals surface area contributed by atoms with Gasteiger partial charge in [0.2, 0.25) is 11.8 Å². The summed E-state index contributed by atoms with van der Waals surface area (Å²) in [5, 5.41) is 0. The van der Waals surface area contributed by atoms with Gasteiger partial charge in [-0.25, -0.2) is 0 Å². The van der Waals surface area contributed by atoms with Crippen LogP contribution in [0.15, 0.2) is 24.3 Å². The summed E-state index contributed by atoms with van der Waals surface area (Å²) >= 11 is 0. The smallest absolute Gasteiger partial charge is 0.236 e. The average molecular weight is 286 g/mol. The predicted octanol–water partition coefficient (Wildman–Crippen LogP) is 2.22. The highest BCUT2D eigenvalue weighted by atomic mass is 16.2. The first kappa shape index (κ1) is 14.1. The van der Waals surface area contributed by atoms with Gasteiger partial charge in [-0.2, -0.15) is 0 Å². The number of piperidine rings is 1. The molecular formula is C17H22N2O2. The van der Waals surface area contributed by atoms with E-state index < -0.39 is 0 Å². The number of anilines is 1. The van der Waals surface area contributed by atoms with Crippen LogP contribution in [0.3, 0.4) is 0 Å². The summed E-state index contributed by atoms with van der Waals surface area (Å²) in [5.74, 6) is 0.462.